The van der Waals surface area contributed by atoms with Gasteiger partial charge in [0.05, 0.1) is 23.7 Å². The molecule has 4 N–H and O–H groups in total. The molecule has 0 saturated heterocycles. The number of benzene rings is 1. The molecule has 1 saturated carbocycles. The Kier molecular flexibility index (Phi) is 4.40. The summed E-state index contributed by atoms with van der Waals surface area (Å²) in [5, 5.41) is 18.6. The van der Waals surface area contributed by atoms with Crippen LogP contribution in [-0.2, 0) is 0 Å². The Morgan fingerprint density at radius 2 is 2.15 bits per heavy atom. The predicted octanol–water partition coefficient (Wildman–Crippen LogP) is 2.49. The number of nitrogens with one attached hydrogen (secondary N) is 2. The lowest BCUT2D eigenvalue weighted by Crippen LogP contribution is -2.47. The Labute approximate surface area is 154 Å². The summed E-state index contributed by atoms with van der Waals surface area (Å²) in [4.78, 5) is 7.99. The summed E-state index contributed by atoms with van der Waals surface area (Å²) in [6.45, 7) is 0. The van der Waals surface area contributed by atoms with Crippen LogP contribution < -0.4 is 15.8 Å². The van der Waals surface area contributed by atoms with Crippen LogP contribution in [0.25, 0.3) is 11.3 Å². The van der Waals surface area contributed by atoms with Gasteiger partial charge in [0.2, 0.25) is 0 Å². The maximum atomic E-state index is 14.5. The van der Waals surface area contributed by atoms with Crippen molar-refractivity contribution in [2.75, 3.05) is 5.32 Å². The molecule has 0 amide bonds. The van der Waals surface area contributed by atoms with E-state index in [1.54, 1.807) is 18.2 Å². The standard InChI is InChI=1S/C18H16FN7O/c19-11-2-1-3-15(27-14-5-4-12(14)21)18(11)13-6-16(26-25-13)24-17-9-22-10(7-20)8-23-17/h1-3,6,8-9,12,14H,4-5,21H2,(H2,23,24,25,26)/t12-,14-/m1/s1. The normalized spacial score (nSPS) is 18.4. The third kappa shape index (κ3) is 3.43. The summed E-state index contributed by atoms with van der Waals surface area (Å²) in [6, 6.07) is 8.18. The van der Waals surface area contributed by atoms with Crippen LogP contribution in [-0.4, -0.2) is 32.3 Å². The highest BCUT2D eigenvalue weighted by Crippen LogP contribution is 2.35. The number of aromatic amines is 1. The lowest BCUT2D eigenvalue weighted by atomic mass is 9.90. The molecule has 0 radical (unpaired) electrons. The van der Waals surface area contributed by atoms with E-state index >= 15 is 0 Å². The summed E-state index contributed by atoms with van der Waals surface area (Å²) in [5.74, 6) is 0.841. The molecule has 1 aromatic carbocycles. The average molecular weight is 365 g/mol. The highest BCUT2D eigenvalue weighted by atomic mass is 19.1. The summed E-state index contributed by atoms with van der Waals surface area (Å²) in [7, 11) is 0. The molecule has 9 heteroatoms. The number of nitrogens with two attached hydrogens (primary N) is 1. The SMILES string of the molecule is N#Cc1cnc(Nc2cc(-c3c(F)cccc3O[C@@H]3CC[C@H]3N)[nH]n2)cn1. The van der Waals surface area contributed by atoms with Gasteiger partial charge in [-0.15, -0.1) is 0 Å². The first-order chi connectivity index (χ1) is 13.1. The number of hydrogen-bond acceptors (Lipinski definition) is 7. The van der Waals surface area contributed by atoms with Gasteiger partial charge in [0.1, 0.15) is 29.6 Å². The van der Waals surface area contributed by atoms with Crippen molar-refractivity contribution < 1.29 is 9.13 Å². The number of aromatic nitrogens is 4. The second-order valence-electron chi connectivity index (χ2n) is 6.20. The van der Waals surface area contributed by atoms with Crippen LogP contribution in [0, 0.1) is 17.1 Å². The molecule has 4 rings (SSSR count). The molecule has 2 aromatic heterocycles. The molecule has 0 aliphatic heterocycles. The van der Waals surface area contributed by atoms with Gasteiger partial charge in [-0.2, -0.15) is 10.4 Å². The number of rotatable bonds is 5. The van der Waals surface area contributed by atoms with Gasteiger partial charge in [-0.05, 0) is 25.0 Å². The van der Waals surface area contributed by atoms with Gasteiger partial charge in [0, 0.05) is 12.1 Å². The van der Waals surface area contributed by atoms with Gasteiger partial charge in [-0.3, -0.25) is 5.10 Å². The molecule has 0 bridgehead atoms. The zero-order chi connectivity index (χ0) is 18.8. The molecule has 8 nitrogen and oxygen atoms in total. The summed E-state index contributed by atoms with van der Waals surface area (Å²) in [6.07, 6.45) is 4.41. The minimum atomic E-state index is -0.422. The highest BCUT2D eigenvalue weighted by molar-refractivity contribution is 5.71. The number of halogens is 1. The van der Waals surface area contributed by atoms with Crippen molar-refractivity contribution in [2.24, 2.45) is 5.73 Å². The van der Waals surface area contributed by atoms with Crippen molar-refractivity contribution in [3.63, 3.8) is 0 Å². The molecule has 0 spiro atoms. The Bertz CT molecular complexity index is 996. The maximum Gasteiger partial charge on any atom is 0.158 e. The summed E-state index contributed by atoms with van der Waals surface area (Å²) >= 11 is 0. The van der Waals surface area contributed by atoms with E-state index in [2.05, 4.69) is 25.5 Å². The fourth-order valence-corrected chi connectivity index (χ4v) is 2.76. The average Bonchev–Trinajstić information content (AvgIpc) is 3.13. The molecule has 3 aromatic rings. The number of anilines is 2. The van der Waals surface area contributed by atoms with Gasteiger partial charge < -0.3 is 15.8 Å². The van der Waals surface area contributed by atoms with Gasteiger partial charge in [0.25, 0.3) is 0 Å². The van der Waals surface area contributed by atoms with E-state index in [4.69, 9.17) is 15.7 Å². The van der Waals surface area contributed by atoms with Crippen molar-refractivity contribution in [3.8, 4) is 23.1 Å². The van der Waals surface area contributed by atoms with Crippen LogP contribution in [0.4, 0.5) is 16.0 Å². The van der Waals surface area contributed by atoms with Crippen LogP contribution in [0.15, 0.2) is 36.7 Å². The van der Waals surface area contributed by atoms with Crippen molar-refractivity contribution in [1.29, 1.82) is 5.26 Å². The molecule has 2 heterocycles. The molecule has 2 atom stereocenters. The summed E-state index contributed by atoms with van der Waals surface area (Å²) in [5.41, 5.74) is 6.89. The number of ether oxygens (including phenoxy) is 1. The fourth-order valence-electron chi connectivity index (χ4n) is 2.76. The predicted molar refractivity (Wildman–Crippen MR) is 95.6 cm³/mol. The number of nitrogens with zero attached hydrogens (tertiary/aromatic N) is 4. The smallest absolute Gasteiger partial charge is 0.158 e. The highest BCUT2D eigenvalue weighted by Gasteiger charge is 2.30. The molecule has 27 heavy (non-hydrogen) atoms. The Morgan fingerprint density at radius 1 is 1.26 bits per heavy atom. The fraction of sp³-hybridized carbons (Fsp3) is 0.222. The van der Waals surface area contributed by atoms with Crippen LogP contribution in [0.5, 0.6) is 5.75 Å². The van der Waals surface area contributed by atoms with Gasteiger partial charge in [-0.25, -0.2) is 14.4 Å². The first-order valence-corrected chi connectivity index (χ1v) is 8.40. The first-order valence-electron chi connectivity index (χ1n) is 8.40. The van der Waals surface area contributed by atoms with Crippen LogP contribution in [0.1, 0.15) is 18.5 Å². The van der Waals surface area contributed by atoms with E-state index in [9.17, 15) is 4.39 Å². The maximum absolute atomic E-state index is 14.5. The van der Waals surface area contributed by atoms with Gasteiger partial charge >= 0.3 is 0 Å². The van der Waals surface area contributed by atoms with E-state index in [0.717, 1.165) is 12.8 Å². The molecule has 1 aliphatic carbocycles. The van der Waals surface area contributed by atoms with Crippen LogP contribution in [0.3, 0.4) is 0 Å². The second kappa shape index (κ2) is 7.01. The zero-order valence-corrected chi connectivity index (χ0v) is 14.2. The second-order valence-corrected chi connectivity index (χ2v) is 6.20. The third-order valence-corrected chi connectivity index (χ3v) is 4.39. The topological polar surface area (TPSA) is 126 Å². The number of hydrogen-bond donors (Lipinski definition) is 3. The van der Waals surface area contributed by atoms with E-state index in [0.29, 0.717) is 28.6 Å². The van der Waals surface area contributed by atoms with Crippen molar-refractivity contribution in [2.45, 2.75) is 25.0 Å². The lowest BCUT2D eigenvalue weighted by Gasteiger charge is -2.34. The van der Waals surface area contributed by atoms with Gasteiger partial charge in [-0.1, -0.05) is 6.07 Å². The van der Waals surface area contributed by atoms with E-state index < -0.39 is 5.82 Å². The molecular weight excluding hydrogens is 349 g/mol. The molecule has 136 valence electrons. The molecule has 1 fully saturated rings. The van der Waals surface area contributed by atoms with Crippen molar-refractivity contribution in [3.05, 3.63) is 48.2 Å². The van der Waals surface area contributed by atoms with E-state index in [1.807, 2.05) is 6.07 Å². The molecule has 0 unspecified atom stereocenters. The van der Waals surface area contributed by atoms with Crippen molar-refractivity contribution >= 4 is 11.6 Å². The minimum Gasteiger partial charge on any atom is -0.488 e. The quantitative estimate of drug-likeness (QED) is 0.634. The Hall–Kier alpha value is -3.51. The largest absolute Gasteiger partial charge is 0.488 e. The minimum absolute atomic E-state index is 0.0323. The zero-order valence-electron chi connectivity index (χ0n) is 14.2. The lowest BCUT2D eigenvalue weighted by molar-refractivity contribution is 0.0935. The first kappa shape index (κ1) is 16.9. The Balaban J connectivity index is 1.58. The molecule has 1 aliphatic rings. The van der Waals surface area contributed by atoms with Crippen LogP contribution >= 0.6 is 0 Å². The molecular formula is C18H16FN7O. The summed E-state index contributed by atoms with van der Waals surface area (Å²) < 4.78 is 20.4. The van der Waals surface area contributed by atoms with E-state index in [-0.39, 0.29) is 17.8 Å². The van der Waals surface area contributed by atoms with E-state index in [1.165, 1.54) is 18.5 Å². The van der Waals surface area contributed by atoms with Crippen molar-refractivity contribution in [1.82, 2.24) is 20.2 Å². The third-order valence-electron chi connectivity index (χ3n) is 4.39. The van der Waals surface area contributed by atoms with Crippen LogP contribution in [0.2, 0.25) is 0 Å². The number of nitriles is 1. The number of H-pyrrole nitrogens is 1. The Morgan fingerprint density at radius 3 is 2.81 bits per heavy atom. The monoisotopic (exact) mass is 365 g/mol. The van der Waals surface area contributed by atoms with Gasteiger partial charge in [0.15, 0.2) is 11.5 Å².